The standard InChI is InChI=1S/C50H30N4O/c1-2-14-31(15-3-1)48-49(52-41-23-8-7-22-40(41)51-48)32-16-12-17-33(28-32)53-42-24-9-4-18-34(42)38-30-46-39(29-45(38)53)35-19-5-10-25-43(35)54(46)44-26-13-21-37-36-20-6-11-27-47(36)55-50(37)44/h1-30H. The van der Waals surface area contributed by atoms with Crippen LogP contribution in [0.5, 0.6) is 0 Å². The molecular formula is C50H30N4O. The molecule has 0 atom stereocenters. The number of para-hydroxylation sites is 6. The summed E-state index contributed by atoms with van der Waals surface area (Å²) in [7, 11) is 0. The molecule has 0 amide bonds. The summed E-state index contributed by atoms with van der Waals surface area (Å²) < 4.78 is 11.4. The van der Waals surface area contributed by atoms with Gasteiger partial charge in [-0.1, -0.05) is 121 Å². The maximum atomic E-state index is 6.60. The highest BCUT2D eigenvalue weighted by Gasteiger charge is 2.21. The SMILES string of the molecule is c1ccc(-c2nc3ccccc3nc2-c2cccc(-n3c4ccccc4c4cc5c(cc43)c3ccccc3n5-c3cccc4c3oc3ccccc34)c2)cc1. The summed E-state index contributed by atoms with van der Waals surface area (Å²) in [5.41, 5.74) is 14.0. The van der Waals surface area contributed by atoms with E-state index in [1.54, 1.807) is 0 Å². The normalized spacial score (nSPS) is 12.0. The van der Waals surface area contributed by atoms with Crippen molar-refractivity contribution in [2.45, 2.75) is 0 Å². The van der Waals surface area contributed by atoms with Crippen molar-refractivity contribution in [2.75, 3.05) is 0 Å². The van der Waals surface area contributed by atoms with Crippen LogP contribution in [0.4, 0.5) is 0 Å². The third-order valence-electron chi connectivity index (χ3n) is 11.1. The lowest BCUT2D eigenvalue weighted by atomic mass is 10.0. The molecule has 55 heavy (non-hydrogen) atoms. The summed E-state index contributed by atoms with van der Waals surface area (Å²) >= 11 is 0. The Morgan fingerprint density at radius 1 is 0.364 bits per heavy atom. The van der Waals surface area contributed by atoms with Gasteiger partial charge in [-0.05, 0) is 60.7 Å². The zero-order valence-corrected chi connectivity index (χ0v) is 29.5. The first kappa shape index (κ1) is 30.0. The van der Waals surface area contributed by atoms with E-state index < -0.39 is 0 Å². The quantitative estimate of drug-likeness (QED) is 0.183. The van der Waals surface area contributed by atoms with E-state index >= 15 is 0 Å². The predicted octanol–water partition coefficient (Wildman–Crippen LogP) is 13.1. The lowest BCUT2D eigenvalue weighted by molar-refractivity contribution is 0.666. The smallest absolute Gasteiger partial charge is 0.159 e. The Labute approximate surface area is 315 Å². The lowest BCUT2D eigenvalue weighted by Crippen LogP contribution is -1.98. The third kappa shape index (κ3) is 4.41. The van der Waals surface area contributed by atoms with Crippen LogP contribution in [0.1, 0.15) is 0 Å². The summed E-state index contributed by atoms with van der Waals surface area (Å²) in [6.45, 7) is 0. The number of nitrogens with zero attached hydrogens (tertiary/aromatic N) is 4. The van der Waals surface area contributed by atoms with Crippen molar-refractivity contribution in [1.29, 1.82) is 0 Å². The van der Waals surface area contributed by atoms with Crippen LogP contribution in [0.25, 0.3) is 110 Å². The van der Waals surface area contributed by atoms with Gasteiger partial charge in [0.25, 0.3) is 0 Å². The highest BCUT2D eigenvalue weighted by molar-refractivity contribution is 6.20. The number of rotatable bonds is 4. The van der Waals surface area contributed by atoms with E-state index in [9.17, 15) is 0 Å². The van der Waals surface area contributed by atoms with Crippen molar-refractivity contribution in [3.8, 4) is 33.9 Å². The molecule has 4 aromatic heterocycles. The van der Waals surface area contributed by atoms with Gasteiger partial charge in [-0.25, -0.2) is 9.97 Å². The molecule has 0 N–H and O–H groups in total. The van der Waals surface area contributed by atoms with Crippen LogP contribution in [-0.4, -0.2) is 19.1 Å². The number of hydrogen-bond acceptors (Lipinski definition) is 3. The Hall–Kier alpha value is -7.50. The van der Waals surface area contributed by atoms with Crippen LogP contribution >= 0.6 is 0 Å². The number of hydrogen-bond donors (Lipinski definition) is 0. The van der Waals surface area contributed by atoms with Crippen LogP contribution < -0.4 is 0 Å². The van der Waals surface area contributed by atoms with E-state index in [0.29, 0.717) is 0 Å². The molecule has 0 unspecified atom stereocenters. The molecule has 0 radical (unpaired) electrons. The van der Waals surface area contributed by atoms with Crippen molar-refractivity contribution in [3.05, 3.63) is 182 Å². The van der Waals surface area contributed by atoms with Crippen LogP contribution in [0, 0.1) is 0 Å². The van der Waals surface area contributed by atoms with Gasteiger partial charge in [0.05, 0.1) is 50.2 Å². The minimum absolute atomic E-state index is 0.859. The van der Waals surface area contributed by atoms with Crippen molar-refractivity contribution in [1.82, 2.24) is 19.1 Å². The Morgan fingerprint density at radius 2 is 0.909 bits per heavy atom. The van der Waals surface area contributed by atoms with Gasteiger partial charge in [0.2, 0.25) is 0 Å². The molecule has 0 aliphatic heterocycles. The van der Waals surface area contributed by atoms with Gasteiger partial charge in [-0.2, -0.15) is 0 Å². The molecule has 0 bridgehead atoms. The Kier molecular flexibility index (Phi) is 6.27. The number of aromatic nitrogens is 4. The van der Waals surface area contributed by atoms with Crippen LogP contribution in [0.2, 0.25) is 0 Å². The molecule has 0 aliphatic carbocycles. The molecule has 8 aromatic carbocycles. The van der Waals surface area contributed by atoms with Gasteiger partial charge in [-0.3, -0.25) is 0 Å². The maximum Gasteiger partial charge on any atom is 0.159 e. The molecule has 0 aliphatic rings. The summed E-state index contributed by atoms with van der Waals surface area (Å²) in [4.78, 5) is 10.4. The molecule has 5 nitrogen and oxygen atoms in total. The van der Waals surface area contributed by atoms with E-state index in [1.165, 1.54) is 21.5 Å². The average Bonchev–Trinajstić information content (AvgIpc) is 3.90. The molecule has 0 saturated heterocycles. The number of benzene rings is 8. The topological polar surface area (TPSA) is 48.8 Å². The second-order valence-electron chi connectivity index (χ2n) is 14.2. The van der Waals surface area contributed by atoms with Crippen LogP contribution in [-0.2, 0) is 0 Å². The Bertz CT molecular complexity index is 3500. The number of furan rings is 1. The Morgan fingerprint density at radius 3 is 1.65 bits per heavy atom. The minimum Gasteiger partial charge on any atom is -0.454 e. The van der Waals surface area contributed by atoms with Gasteiger partial charge in [0.1, 0.15) is 5.58 Å². The number of fused-ring (bicyclic) bond motifs is 10. The molecular weight excluding hydrogens is 673 g/mol. The molecule has 12 rings (SSSR count). The monoisotopic (exact) mass is 702 g/mol. The van der Waals surface area contributed by atoms with Crippen molar-refractivity contribution < 1.29 is 4.42 Å². The van der Waals surface area contributed by atoms with E-state index in [0.717, 1.165) is 88.9 Å². The van der Waals surface area contributed by atoms with Gasteiger partial charge in [-0.15, -0.1) is 0 Å². The van der Waals surface area contributed by atoms with Crippen LogP contribution in [0.15, 0.2) is 186 Å². The highest BCUT2D eigenvalue weighted by atomic mass is 16.3. The molecule has 0 fully saturated rings. The third-order valence-corrected chi connectivity index (χ3v) is 11.1. The van der Waals surface area contributed by atoms with Gasteiger partial charge in [0.15, 0.2) is 5.58 Å². The van der Waals surface area contributed by atoms with Crippen LogP contribution in [0.3, 0.4) is 0 Å². The second kappa shape index (κ2) is 11.5. The summed E-state index contributed by atoms with van der Waals surface area (Å²) in [5, 5.41) is 6.99. The molecule has 12 aromatic rings. The lowest BCUT2D eigenvalue weighted by Gasteiger charge is -2.13. The first-order valence-corrected chi connectivity index (χ1v) is 18.6. The largest absolute Gasteiger partial charge is 0.454 e. The van der Waals surface area contributed by atoms with Crippen molar-refractivity contribution >= 4 is 76.6 Å². The predicted molar refractivity (Wildman–Crippen MR) is 226 cm³/mol. The summed E-state index contributed by atoms with van der Waals surface area (Å²) in [6.07, 6.45) is 0. The molecule has 4 heterocycles. The summed E-state index contributed by atoms with van der Waals surface area (Å²) in [6, 6.07) is 64.1. The molecule has 256 valence electrons. The molecule has 0 saturated carbocycles. The van der Waals surface area contributed by atoms with E-state index in [4.69, 9.17) is 14.4 Å². The van der Waals surface area contributed by atoms with Gasteiger partial charge >= 0.3 is 0 Å². The average molecular weight is 703 g/mol. The minimum atomic E-state index is 0.859. The van der Waals surface area contributed by atoms with Gasteiger partial charge < -0.3 is 13.6 Å². The summed E-state index contributed by atoms with van der Waals surface area (Å²) in [5.74, 6) is 0. The zero-order valence-electron chi connectivity index (χ0n) is 29.5. The van der Waals surface area contributed by atoms with E-state index in [2.05, 4.69) is 149 Å². The Balaban J connectivity index is 1.13. The zero-order chi connectivity index (χ0) is 36.0. The fourth-order valence-electron chi connectivity index (χ4n) is 8.67. The van der Waals surface area contributed by atoms with E-state index in [1.807, 2.05) is 42.5 Å². The first-order chi connectivity index (χ1) is 27.3. The first-order valence-electron chi connectivity index (χ1n) is 18.6. The molecule has 0 spiro atoms. The highest BCUT2D eigenvalue weighted by Crippen LogP contribution is 2.42. The van der Waals surface area contributed by atoms with Gasteiger partial charge in [0, 0.05) is 49.1 Å². The second-order valence-corrected chi connectivity index (χ2v) is 14.2. The molecule has 5 heteroatoms. The fraction of sp³-hybridized carbons (Fsp3) is 0. The maximum absolute atomic E-state index is 6.60. The fourth-order valence-corrected chi connectivity index (χ4v) is 8.67. The van der Waals surface area contributed by atoms with Crippen molar-refractivity contribution in [3.63, 3.8) is 0 Å². The van der Waals surface area contributed by atoms with E-state index in [-0.39, 0.29) is 0 Å². The van der Waals surface area contributed by atoms with Crippen molar-refractivity contribution in [2.24, 2.45) is 0 Å².